The standard InChI is InChI=1S/C18H24N4O4S2/c1-2-15(13-23)21-7-9-22(10-8-21)28(25,26)16-5-3-4-14(12-16)17(24)20-18-19-6-11-27-18/h3-6,11-12,15,23H,2,7-10,13H2,1H3,(H,19,20,24). The van der Waals surface area contributed by atoms with E-state index in [2.05, 4.69) is 15.2 Å². The number of nitrogens with zero attached hydrogens (tertiary/aromatic N) is 3. The van der Waals surface area contributed by atoms with E-state index in [1.807, 2.05) is 6.92 Å². The maximum Gasteiger partial charge on any atom is 0.257 e. The second kappa shape index (κ2) is 9.10. The first-order valence-electron chi connectivity index (χ1n) is 9.11. The number of anilines is 1. The van der Waals surface area contributed by atoms with Crippen molar-refractivity contribution in [2.24, 2.45) is 0 Å². The molecule has 3 rings (SSSR count). The number of nitrogens with one attached hydrogen (secondary N) is 1. The molecule has 1 aromatic heterocycles. The van der Waals surface area contributed by atoms with Gasteiger partial charge in [0, 0.05) is 49.4 Å². The summed E-state index contributed by atoms with van der Waals surface area (Å²) in [4.78, 5) is 18.6. The SMILES string of the molecule is CCC(CO)N1CCN(S(=O)(=O)c2cccc(C(=O)Nc3nccs3)c2)CC1. The van der Waals surface area contributed by atoms with Crippen molar-refractivity contribution in [3.63, 3.8) is 0 Å². The number of aromatic nitrogens is 1. The van der Waals surface area contributed by atoms with Gasteiger partial charge in [-0.05, 0) is 24.6 Å². The summed E-state index contributed by atoms with van der Waals surface area (Å²) in [5, 5.41) is 14.3. The predicted octanol–water partition coefficient (Wildman–Crippen LogP) is 1.47. The number of thiazole rings is 1. The Kier molecular flexibility index (Phi) is 6.78. The van der Waals surface area contributed by atoms with Gasteiger partial charge in [-0.15, -0.1) is 11.3 Å². The largest absolute Gasteiger partial charge is 0.395 e. The van der Waals surface area contributed by atoms with Crippen LogP contribution < -0.4 is 5.32 Å². The number of piperazine rings is 1. The van der Waals surface area contributed by atoms with Crippen LogP contribution in [0.25, 0.3) is 0 Å². The Morgan fingerprint density at radius 2 is 2.07 bits per heavy atom. The maximum absolute atomic E-state index is 13.0. The fourth-order valence-electron chi connectivity index (χ4n) is 3.21. The molecule has 0 aliphatic carbocycles. The van der Waals surface area contributed by atoms with Gasteiger partial charge < -0.3 is 5.11 Å². The molecule has 0 radical (unpaired) electrons. The first-order chi connectivity index (χ1) is 13.5. The Morgan fingerprint density at radius 3 is 2.68 bits per heavy atom. The van der Waals surface area contributed by atoms with E-state index in [1.165, 1.54) is 27.8 Å². The smallest absolute Gasteiger partial charge is 0.257 e. The van der Waals surface area contributed by atoms with E-state index in [0.717, 1.165) is 6.42 Å². The van der Waals surface area contributed by atoms with Crippen molar-refractivity contribution < 1.29 is 18.3 Å². The molecular weight excluding hydrogens is 400 g/mol. The summed E-state index contributed by atoms with van der Waals surface area (Å²) in [5.74, 6) is -0.398. The molecule has 0 saturated carbocycles. The first-order valence-corrected chi connectivity index (χ1v) is 11.4. The Hall–Kier alpha value is -1.85. The number of rotatable bonds is 7. The lowest BCUT2D eigenvalue weighted by Crippen LogP contribution is -2.52. The lowest BCUT2D eigenvalue weighted by molar-refractivity contribution is 0.0881. The highest BCUT2D eigenvalue weighted by molar-refractivity contribution is 7.89. The van der Waals surface area contributed by atoms with Crippen LogP contribution in [0.15, 0.2) is 40.7 Å². The molecule has 2 heterocycles. The molecule has 1 atom stereocenters. The van der Waals surface area contributed by atoms with Crippen LogP contribution in [0.2, 0.25) is 0 Å². The number of carbonyl (C=O) groups is 1. The topological polar surface area (TPSA) is 103 Å². The van der Waals surface area contributed by atoms with E-state index in [9.17, 15) is 18.3 Å². The number of aliphatic hydroxyl groups is 1. The van der Waals surface area contributed by atoms with E-state index in [1.54, 1.807) is 23.7 Å². The zero-order valence-electron chi connectivity index (χ0n) is 15.6. The van der Waals surface area contributed by atoms with Gasteiger partial charge in [-0.3, -0.25) is 15.0 Å². The molecule has 1 aliphatic heterocycles. The van der Waals surface area contributed by atoms with Gasteiger partial charge in [0.15, 0.2) is 5.13 Å². The molecule has 28 heavy (non-hydrogen) atoms. The van der Waals surface area contributed by atoms with Gasteiger partial charge in [0.25, 0.3) is 5.91 Å². The predicted molar refractivity (Wildman–Crippen MR) is 108 cm³/mol. The normalized spacial score (nSPS) is 17.4. The highest BCUT2D eigenvalue weighted by Crippen LogP contribution is 2.21. The van der Waals surface area contributed by atoms with Crippen molar-refractivity contribution in [3.8, 4) is 0 Å². The molecule has 0 bridgehead atoms. The van der Waals surface area contributed by atoms with Crippen molar-refractivity contribution in [3.05, 3.63) is 41.4 Å². The van der Waals surface area contributed by atoms with Gasteiger partial charge in [-0.2, -0.15) is 4.31 Å². The maximum atomic E-state index is 13.0. The van der Waals surface area contributed by atoms with Crippen molar-refractivity contribution >= 4 is 32.4 Å². The van der Waals surface area contributed by atoms with Crippen LogP contribution in [0, 0.1) is 0 Å². The van der Waals surface area contributed by atoms with E-state index >= 15 is 0 Å². The van der Waals surface area contributed by atoms with Crippen LogP contribution in [-0.4, -0.2) is 72.4 Å². The Morgan fingerprint density at radius 1 is 1.32 bits per heavy atom. The quantitative estimate of drug-likeness (QED) is 0.698. The third-order valence-corrected chi connectivity index (χ3v) is 7.44. The van der Waals surface area contributed by atoms with Gasteiger partial charge >= 0.3 is 0 Å². The molecular formula is C18H24N4O4S2. The van der Waals surface area contributed by atoms with E-state index in [-0.39, 0.29) is 23.1 Å². The van der Waals surface area contributed by atoms with E-state index in [0.29, 0.717) is 31.3 Å². The summed E-state index contributed by atoms with van der Waals surface area (Å²) < 4.78 is 27.5. The number of aliphatic hydroxyl groups excluding tert-OH is 1. The van der Waals surface area contributed by atoms with Gasteiger partial charge in [-0.25, -0.2) is 13.4 Å². The van der Waals surface area contributed by atoms with Crippen LogP contribution in [-0.2, 0) is 10.0 Å². The number of amides is 1. The van der Waals surface area contributed by atoms with E-state index in [4.69, 9.17) is 0 Å². The summed E-state index contributed by atoms with van der Waals surface area (Å²) in [5.41, 5.74) is 0.265. The number of carbonyl (C=O) groups excluding carboxylic acids is 1. The molecule has 1 amide bonds. The van der Waals surface area contributed by atoms with Gasteiger partial charge in [0.2, 0.25) is 10.0 Å². The van der Waals surface area contributed by atoms with Crippen molar-refractivity contribution in [1.82, 2.24) is 14.2 Å². The fraction of sp³-hybridized carbons (Fsp3) is 0.444. The first kappa shape index (κ1) is 20.9. The Labute approximate surface area is 168 Å². The number of sulfonamides is 1. The van der Waals surface area contributed by atoms with Gasteiger partial charge in [-0.1, -0.05) is 13.0 Å². The average Bonchev–Trinajstić information content (AvgIpc) is 3.22. The monoisotopic (exact) mass is 424 g/mol. The third kappa shape index (κ3) is 4.58. The number of benzene rings is 1. The third-order valence-electron chi connectivity index (χ3n) is 4.86. The number of hydrogen-bond acceptors (Lipinski definition) is 7. The number of hydrogen-bond donors (Lipinski definition) is 2. The molecule has 2 aromatic rings. The van der Waals surface area contributed by atoms with E-state index < -0.39 is 15.9 Å². The van der Waals surface area contributed by atoms with Crippen molar-refractivity contribution in [2.75, 3.05) is 38.1 Å². The van der Waals surface area contributed by atoms with Crippen LogP contribution in [0.5, 0.6) is 0 Å². The molecule has 152 valence electrons. The molecule has 1 unspecified atom stereocenters. The average molecular weight is 425 g/mol. The van der Waals surface area contributed by atoms with Crippen LogP contribution >= 0.6 is 11.3 Å². The highest BCUT2D eigenvalue weighted by atomic mass is 32.2. The van der Waals surface area contributed by atoms with Crippen molar-refractivity contribution in [1.29, 1.82) is 0 Å². The molecule has 8 nitrogen and oxygen atoms in total. The lowest BCUT2D eigenvalue weighted by atomic mass is 10.2. The zero-order chi connectivity index (χ0) is 20.1. The molecule has 1 aliphatic rings. The molecule has 2 N–H and O–H groups in total. The summed E-state index contributed by atoms with van der Waals surface area (Å²) in [7, 11) is -3.69. The molecule has 1 saturated heterocycles. The fourth-order valence-corrected chi connectivity index (χ4v) is 5.21. The second-order valence-electron chi connectivity index (χ2n) is 6.50. The summed E-state index contributed by atoms with van der Waals surface area (Å²) >= 11 is 1.29. The lowest BCUT2D eigenvalue weighted by Gasteiger charge is -2.37. The minimum Gasteiger partial charge on any atom is -0.395 e. The minimum absolute atomic E-state index is 0.0581. The van der Waals surface area contributed by atoms with Gasteiger partial charge in [0.1, 0.15) is 0 Å². The van der Waals surface area contributed by atoms with Crippen molar-refractivity contribution in [2.45, 2.75) is 24.3 Å². The highest BCUT2D eigenvalue weighted by Gasteiger charge is 2.30. The Bertz CT molecular complexity index is 890. The molecule has 0 spiro atoms. The van der Waals surface area contributed by atoms with Crippen LogP contribution in [0.3, 0.4) is 0 Å². The van der Waals surface area contributed by atoms with Crippen LogP contribution in [0.4, 0.5) is 5.13 Å². The summed E-state index contributed by atoms with van der Waals surface area (Å²) in [6.07, 6.45) is 2.40. The van der Waals surface area contributed by atoms with Gasteiger partial charge in [0.05, 0.1) is 11.5 Å². The molecule has 1 aromatic carbocycles. The Balaban J connectivity index is 1.71. The summed E-state index contributed by atoms with van der Waals surface area (Å²) in [6.45, 7) is 3.93. The molecule has 1 fully saturated rings. The van der Waals surface area contributed by atoms with Crippen LogP contribution in [0.1, 0.15) is 23.7 Å². The second-order valence-corrected chi connectivity index (χ2v) is 9.34. The summed E-state index contributed by atoms with van der Waals surface area (Å²) in [6, 6.07) is 6.10. The molecule has 10 heteroatoms. The zero-order valence-corrected chi connectivity index (χ0v) is 17.2. The minimum atomic E-state index is -3.69.